The highest BCUT2D eigenvalue weighted by molar-refractivity contribution is 7.98. The fraction of sp³-hybridized carbons (Fsp3) is 0.182. The number of hydrogen-bond donors (Lipinski definition) is 1. The second-order valence-electron chi connectivity index (χ2n) is 3.25. The number of fused-ring (bicyclic) bond motifs is 1. The van der Waals surface area contributed by atoms with Crippen molar-refractivity contribution < 1.29 is 4.79 Å². The zero-order chi connectivity index (χ0) is 11.0. The summed E-state index contributed by atoms with van der Waals surface area (Å²) >= 11 is 7.58. The number of Topliss-reactive ketones (excluding diaryl/α,β-unsaturated/α-hetero) is 1. The van der Waals surface area contributed by atoms with Crippen LogP contribution in [-0.4, -0.2) is 17.0 Å². The third-order valence-electron chi connectivity index (χ3n) is 2.30. The number of carbonyl (C=O) groups excluding carboxylic acids is 1. The molecule has 0 fully saturated rings. The summed E-state index contributed by atoms with van der Waals surface area (Å²) in [6.07, 6.45) is 1.94. The fourth-order valence-electron chi connectivity index (χ4n) is 1.66. The summed E-state index contributed by atoms with van der Waals surface area (Å²) in [5, 5.41) is 2.43. The van der Waals surface area contributed by atoms with Gasteiger partial charge in [0.2, 0.25) is 0 Å². The van der Waals surface area contributed by atoms with Crippen molar-refractivity contribution in [1.82, 2.24) is 4.98 Å². The van der Waals surface area contributed by atoms with E-state index in [0.29, 0.717) is 5.02 Å². The van der Waals surface area contributed by atoms with E-state index in [1.54, 1.807) is 6.92 Å². The van der Waals surface area contributed by atoms with Gasteiger partial charge in [-0.05, 0) is 19.2 Å². The third kappa shape index (κ3) is 1.66. The molecular weight excluding hydrogens is 230 g/mol. The summed E-state index contributed by atoms with van der Waals surface area (Å²) in [7, 11) is 0. The van der Waals surface area contributed by atoms with E-state index in [-0.39, 0.29) is 5.78 Å². The summed E-state index contributed by atoms with van der Waals surface area (Å²) in [6, 6.07) is 5.58. The van der Waals surface area contributed by atoms with Crippen molar-refractivity contribution in [3.05, 3.63) is 28.8 Å². The van der Waals surface area contributed by atoms with Gasteiger partial charge >= 0.3 is 0 Å². The number of H-pyrrole nitrogens is 1. The molecule has 1 N–H and O–H groups in total. The van der Waals surface area contributed by atoms with E-state index < -0.39 is 0 Å². The Morgan fingerprint density at radius 2 is 2.20 bits per heavy atom. The predicted octanol–water partition coefficient (Wildman–Crippen LogP) is 3.75. The molecule has 1 aromatic carbocycles. The Morgan fingerprint density at radius 3 is 2.80 bits per heavy atom. The van der Waals surface area contributed by atoms with Crippen molar-refractivity contribution in [2.75, 3.05) is 6.26 Å². The van der Waals surface area contributed by atoms with Crippen LogP contribution in [0.5, 0.6) is 0 Å². The molecule has 0 aliphatic carbocycles. The first-order valence-corrected chi connectivity index (χ1v) is 6.10. The molecule has 78 valence electrons. The lowest BCUT2D eigenvalue weighted by molar-refractivity contribution is 0.101. The molecule has 0 unspecified atom stereocenters. The SMILES string of the molecule is CSc1[nH]c2c(Cl)cccc2c1C(C)=O. The van der Waals surface area contributed by atoms with Gasteiger partial charge in [-0.2, -0.15) is 0 Å². The minimum absolute atomic E-state index is 0.0628. The molecule has 0 aliphatic rings. The van der Waals surface area contributed by atoms with Crippen molar-refractivity contribution in [2.45, 2.75) is 11.9 Å². The molecule has 0 amide bonds. The highest BCUT2D eigenvalue weighted by Crippen LogP contribution is 2.32. The zero-order valence-electron chi connectivity index (χ0n) is 8.43. The first-order chi connectivity index (χ1) is 7.15. The predicted molar refractivity (Wildman–Crippen MR) is 65.1 cm³/mol. The first kappa shape index (κ1) is 10.6. The fourth-order valence-corrected chi connectivity index (χ4v) is 2.54. The quantitative estimate of drug-likeness (QED) is 0.640. The molecule has 15 heavy (non-hydrogen) atoms. The van der Waals surface area contributed by atoms with Crippen molar-refractivity contribution >= 4 is 40.0 Å². The van der Waals surface area contributed by atoms with Crippen LogP contribution in [0.25, 0.3) is 10.9 Å². The Bertz CT molecular complexity index is 533. The molecule has 2 aromatic rings. The second kappa shape index (κ2) is 3.91. The van der Waals surface area contributed by atoms with Crippen LogP contribution in [0.3, 0.4) is 0 Å². The number of para-hydroxylation sites is 1. The van der Waals surface area contributed by atoms with Gasteiger partial charge in [0.05, 0.1) is 21.1 Å². The van der Waals surface area contributed by atoms with E-state index in [1.165, 1.54) is 11.8 Å². The van der Waals surface area contributed by atoms with Crippen LogP contribution in [0.15, 0.2) is 23.2 Å². The molecule has 0 atom stereocenters. The Balaban J connectivity index is 2.86. The second-order valence-corrected chi connectivity index (χ2v) is 4.48. The number of benzene rings is 1. The minimum Gasteiger partial charge on any atom is -0.348 e. The molecular formula is C11H10ClNOS. The summed E-state index contributed by atoms with van der Waals surface area (Å²) in [4.78, 5) is 14.7. The third-order valence-corrected chi connectivity index (χ3v) is 3.33. The lowest BCUT2D eigenvalue weighted by Crippen LogP contribution is -1.91. The van der Waals surface area contributed by atoms with Crippen LogP contribution in [-0.2, 0) is 0 Å². The minimum atomic E-state index is 0.0628. The average molecular weight is 240 g/mol. The van der Waals surface area contributed by atoms with Crippen LogP contribution in [0.1, 0.15) is 17.3 Å². The number of aromatic amines is 1. The number of hydrogen-bond acceptors (Lipinski definition) is 2. The maximum atomic E-state index is 11.5. The van der Waals surface area contributed by atoms with Crippen LogP contribution in [0, 0.1) is 0 Å². The van der Waals surface area contributed by atoms with Gasteiger partial charge in [0, 0.05) is 5.39 Å². The maximum Gasteiger partial charge on any atom is 0.163 e. The molecule has 0 spiro atoms. The summed E-state index contributed by atoms with van der Waals surface area (Å²) in [6.45, 7) is 1.57. The molecule has 2 rings (SSSR count). The number of ketones is 1. The van der Waals surface area contributed by atoms with Gasteiger partial charge in [-0.1, -0.05) is 23.7 Å². The van der Waals surface area contributed by atoms with Gasteiger partial charge in [-0.15, -0.1) is 11.8 Å². The van der Waals surface area contributed by atoms with Crippen LogP contribution >= 0.6 is 23.4 Å². The summed E-state index contributed by atoms with van der Waals surface area (Å²) < 4.78 is 0. The normalized spacial score (nSPS) is 10.9. The Kier molecular flexibility index (Phi) is 2.76. The zero-order valence-corrected chi connectivity index (χ0v) is 10.00. The van der Waals surface area contributed by atoms with E-state index in [0.717, 1.165) is 21.5 Å². The average Bonchev–Trinajstić information content (AvgIpc) is 2.57. The lowest BCUT2D eigenvalue weighted by atomic mass is 10.1. The molecule has 1 heterocycles. The van der Waals surface area contributed by atoms with Gasteiger partial charge in [0.25, 0.3) is 0 Å². The van der Waals surface area contributed by atoms with Gasteiger partial charge in [0.15, 0.2) is 5.78 Å². The van der Waals surface area contributed by atoms with Gasteiger partial charge in [-0.3, -0.25) is 4.79 Å². The smallest absolute Gasteiger partial charge is 0.163 e. The highest BCUT2D eigenvalue weighted by atomic mass is 35.5. The van der Waals surface area contributed by atoms with E-state index in [4.69, 9.17) is 11.6 Å². The van der Waals surface area contributed by atoms with Crippen molar-refractivity contribution in [2.24, 2.45) is 0 Å². The van der Waals surface area contributed by atoms with Crippen molar-refractivity contribution in [3.63, 3.8) is 0 Å². The molecule has 0 bridgehead atoms. The van der Waals surface area contributed by atoms with E-state index in [1.807, 2.05) is 24.5 Å². The first-order valence-electron chi connectivity index (χ1n) is 4.50. The number of thioether (sulfide) groups is 1. The molecule has 2 nitrogen and oxygen atoms in total. The summed E-state index contributed by atoms with van der Waals surface area (Å²) in [5.74, 6) is 0.0628. The number of rotatable bonds is 2. The van der Waals surface area contributed by atoms with Crippen LogP contribution in [0.4, 0.5) is 0 Å². The summed E-state index contributed by atoms with van der Waals surface area (Å²) in [5.41, 5.74) is 1.58. The number of halogens is 1. The molecule has 0 saturated heterocycles. The topological polar surface area (TPSA) is 32.9 Å². The van der Waals surface area contributed by atoms with E-state index in [2.05, 4.69) is 4.98 Å². The molecule has 0 radical (unpaired) electrons. The Morgan fingerprint density at radius 1 is 1.47 bits per heavy atom. The van der Waals surface area contributed by atoms with Gasteiger partial charge in [-0.25, -0.2) is 0 Å². The van der Waals surface area contributed by atoms with Gasteiger partial charge < -0.3 is 4.98 Å². The maximum absolute atomic E-state index is 11.5. The molecule has 4 heteroatoms. The lowest BCUT2D eigenvalue weighted by Gasteiger charge is -1.95. The largest absolute Gasteiger partial charge is 0.348 e. The van der Waals surface area contributed by atoms with E-state index in [9.17, 15) is 4.79 Å². The molecule has 1 aromatic heterocycles. The number of nitrogens with one attached hydrogen (secondary N) is 1. The Hall–Kier alpha value is -0.930. The highest BCUT2D eigenvalue weighted by Gasteiger charge is 2.15. The standard InChI is InChI=1S/C11H10ClNOS/c1-6(14)9-7-4-3-5-8(12)10(7)13-11(9)15-2/h3-5,13H,1-2H3. The van der Waals surface area contributed by atoms with Crippen molar-refractivity contribution in [1.29, 1.82) is 0 Å². The van der Waals surface area contributed by atoms with Crippen LogP contribution < -0.4 is 0 Å². The van der Waals surface area contributed by atoms with Crippen LogP contribution in [0.2, 0.25) is 5.02 Å². The monoisotopic (exact) mass is 239 g/mol. The van der Waals surface area contributed by atoms with Crippen molar-refractivity contribution in [3.8, 4) is 0 Å². The number of aromatic nitrogens is 1. The van der Waals surface area contributed by atoms with E-state index >= 15 is 0 Å². The molecule has 0 saturated carbocycles. The molecule has 0 aliphatic heterocycles. The Labute approximate surface area is 97.0 Å². The van der Waals surface area contributed by atoms with Gasteiger partial charge in [0.1, 0.15) is 0 Å². The number of carbonyl (C=O) groups is 1.